The molecule has 0 bridgehead atoms. The molecule has 106 valence electrons. The van der Waals surface area contributed by atoms with Crippen LogP contribution in [0.5, 0.6) is 0 Å². The molecule has 1 fully saturated rings. The highest BCUT2D eigenvalue weighted by molar-refractivity contribution is 5.14. The molecule has 1 saturated heterocycles. The Labute approximate surface area is 116 Å². The van der Waals surface area contributed by atoms with Gasteiger partial charge in [0.2, 0.25) is 0 Å². The van der Waals surface area contributed by atoms with Gasteiger partial charge in [-0.25, -0.2) is 0 Å². The second-order valence-electron chi connectivity index (χ2n) is 5.95. The van der Waals surface area contributed by atoms with Crippen LogP contribution in [0.3, 0.4) is 0 Å². The van der Waals surface area contributed by atoms with Crippen LogP contribution in [0.25, 0.3) is 0 Å². The van der Waals surface area contributed by atoms with Crippen LogP contribution in [0.2, 0.25) is 0 Å². The quantitative estimate of drug-likeness (QED) is 0.855. The lowest BCUT2D eigenvalue weighted by molar-refractivity contribution is 0.0432. The third-order valence-corrected chi connectivity index (χ3v) is 4.02. The molecule has 1 aromatic rings. The van der Waals surface area contributed by atoms with Crippen molar-refractivity contribution >= 4 is 0 Å². The third kappa shape index (κ3) is 3.78. The van der Waals surface area contributed by atoms with Gasteiger partial charge in [-0.3, -0.25) is 4.90 Å². The third-order valence-electron chi connectivity index (χ3n) is 4.02. The Kier molecular flexibility index (Phi) is 4.97. The molecule has 1 aliphatic heterocycles. The van der Waals surface area contributed by atoms with Crippen LogP contribution < -0.4 is 0 Å². The number of aliphatic hydroxyl groups excluding tert-OH is 1. The fraction of sp³-hybridized carbons (Fsp3) is 0.625. The van der Waals surface area contributed by atoms with Crippen LogP contribution in [0.4, 0.5) is 0 Å². The molecule has 0 aromatic heterocycles. The minimum atomic E-state index is -0.0704. The van der Waals surface area contributed by atoms with Crippen molar-refractivity contribution in [3.05, 3.63) is 35.9 Å². The molecule has 0 saturated carbocycles. The average molecular weight is 263 g/mol. The standard InChI is InChI=1S/C16H25NO2/c1-14(2)17(10-15-6-4-3-5-7-15)11-16(12-18)8-9-19-13-16/h3-7,14,18H,8-13H2,1-2H3. The first-order valence-corrected chi connectivity index (χ1v) is 7.12. The number of hydrogen-bond donors (Lipinski definition) is 1. The van der Waals surface area contributed by atoms with Gasteiger partial charge in [0.1, 0.15) is 0 Å². The zero-order valence-electron chi connectivity index (χ0n) is 12.0. The van der Waals surface area contributed by atoms with Crippen molar-refractivity contribution in [2.75, 3.05) is 26.4 Å². The van der Waals surface area contributed by atoms with E-state index in [1.165, 1.54) is 5.56 Å². The number of nitrogens with zero attached hydrogens (tertiary/aromatic N) is 1. The number of ether oxygens (including phenoxy) is 1. The van der Waals surface area contributed by atoms with E-state index < -0.39 is 0 Å². The van der Waals surface area contributed by atoms with Gasteiger partial charge >= 0.3 is 0 Å². The number of hydrogen-bond acceptors (Lipinski definition) is 3. The maximum atomic E-state index is 9.71. The lowest BCUT2D eigenvalue weighted by Gasteiger charge is -2.35. The predicted octanol–water partition coefficient (Wildman–Crippen LogP) is 2.30. The summed E-state index contributed by atoms with van der Waals surface area (Å²) in [6.07, 6.45) is 0.960. The molecule has 0 spiro atoms. The maximum absolute atomic E-state index is 9.71. The van der Waals surface area contributed by atoms with Crippen LogP contribution in [0, 0.1) is 5.41 Å². The summed E-state index contributed by atoms with van der Waals surface area (Å²) < 4.78 is 5.50. The van der Waals surface area contributed by atoms with E-state index >= 15 is 0 Å². The van der Waals surface area contributed by atoms with E-state index in [2.05, 4.69) is 43.0 Å². The van der Waals surface area contributed by atoms with Gasteiger partial charge in [0, 0.05) is 31.2 Å². The molecule has 0 aliphatic carbocycles. The molecular formula is C16H25NO2. The van der Waals surface area contributed by atoms with Crippen LogP contribution in [-0.4, -0.2) is 42.4 Å². The molecule has 3 nitrogen and oxygen atoms in total. The van der Waals surface area contributed by atoms with Crippen LogP contribution in [0.1, 0.15) is 25.8 Å². The summed E-state index contributed by atoms with van der Waals surface area (Å²) in [6.45, 7) is 7.92. The van der Waals surface area contributed by atoms with E-state index in [1.54, 1.807) is 0 Å². The molecule has 0 amide bonds. The van der Waals surface area contributed by atoms with Crippen molar-refractivity contribution in [3.8, 4) is 0 Å². The van der Waals surface area contributed by atoms with Gasteiger partial charge in [0.25, 0.3) is 0 Å². The Morgan fingerprint density at radius 2 is 2.05 bits per heavy atom. The molecular weight excluding hydrogens is 238 g/mol. The molecule has 1 unspecified atom stereocenters. The molecule has 1 N–H and O–H groups in total. The Morgan fingerprint density at radius 3 is 2.58 bits per heavy atom. The first-order chi connectivity index (χ1) is 9.15. The molecule has 1 aromatic carbocycles. The summed E-state index contributed by atoms with van der Waals surface area (Å²) >= 11 is 0. The van der Waals surface area contributed by atoms with Gasteiger partial charge in [-0.2, -0.15) is 0 Å². The summed E-state index contributed by atoms with van der Waals surface area (Å²) in [5.74, 6) is 0. The van der Waals surface area contributed by atoms with Crippen molar-refractivity contribution < 1.29 is 9.84 Å². The fourth-order valence-electron chi connectivity index (χ4n) is 2.62. The van der Waals surface area contributed by atoms with E-state index in [-0.39, 0.29) is 12.0 Å². The molecule has 2 rings (SSSR count). The second kappa shape index (κ2) is 6.51. The topological polar surface area (TPSA) is 32.7 Å². The number of aliphatic hydroxyl groups is 1. The van der Waals surface area contributed by atoms with E-state index in [4.69, 9.17) is 4.74 Å². The maximum Gasteiger partial charge on any atom is 0.0557 e. The highest BCUT2D eigenvalue weighted by Crippen LogP contribution is 2.30. The fourth-order valence-corrected chi connectivity index (χ4v) is 2.62. The normalized spacial score (nSPS) is 23.4. The van der Waals surface area contributed by atoms with E-state index in [1.807, 2.05) is 6.07 Å². The summed E-state index contributed by atoms with van der Waals surface area (Å²) in [6, 6.07) is 11.0. The summed E-state index contributed by atoms with van der Waals surface area (Å²) in [4.78, 5) is 2.43. The van der Waals surface area contributed by atoms with Gasteiger partial charge in [0.05, 0.1) is 13.2 Å². The monoisotopic (exact) mass is 263 g/mol. The van der Waals surface area contributed by atoms with E-state index in [9.17, 15) is 5.11 Å². The van der Waals surface area contributed by atoms with Crippen molar-refractivity contribution in [1.82, 2.24) is 4.90 Å². The predicted molar refractivity (Wildman–Crippen MR) is 76.9 cm³/mol. The Morgan fingerprint density at radius 1 is 1.32 bits per heavy atom. The Bertz CT molecular complexity index is 372. The van der Waals surface area contributed by atoms with Crippen molar-refractivity contribution in [2.24, 2.45) is 5.41 Å². The smallest absolute Gasteiger partial charge is 0.0557 e. The lowest BCUT2D eigenvalue weighted by atomic mass is 9.87. The molecule has 1 atom stereocenters. The van der Waals surface area contributed by atoms with Gasteiger partial charge < -0.3 is 9.84 Å². The lowest BCUT2D eigenvalue weighted by Crippen LogP contribution is -2.43. The minimum Gasteiger partial charge on any atom is -0.396 e. The molecule has 1 aliphatic rings. The highest BCUT2D eigenvalue weighted by atomic mass is 16.5. The van der Waals surface area contributed by atoms with Crippen LogP contribution in [0.15, 0.2) is 30.3 Å². The van der Waals surface area contributed by atoms with Gasteiger partial charge in [-0.05, 0) is 25.8 Å². The van der Waals surface area contributed by atoms with Crippen molar-refractivity contribution in [1.29, 1.82) is 0 Å². The average Bonchev–Trinajstić information content (AvgIpc) is 2.88. The number of rotatable bonds is 6. The van der Waals surface area contributed by atoms with Gasteiger partial charge in [0.15, 0.2) is 0 Å². The molecule has 1 heterocycles. The van der Waals surface area contributed by atoms with Gasteiger partial charge in [-0.1, -0.05) is 30.3 Å². The Balaban J connectivity index is 2.04. The van der Waals surface area contributed by atoms with Crippen molar-refractivity contribution in [2.45, 2.75) is 32.9 Å². The van der Waals surface area contributed by atoms with E-state index in [0.29, 0.717) is 12.6 Å². The van der Waals surface area contributed by atoms with Gasteiger partial charge in [-0.15, -0.1) is 0 Å². The van der Waals surface area contributed by atoms with Crippen LogP contribution in [-0.2, 0) is 11.3 Å². The zero-order valence-corrected chi connectivity index (χ0v) is 12.0. The first kappa shape index (κ1) is 14.5. The van der Waals surface area contributed by atoms with Crippen LogP contribution >= 0.6 is 0 Å². The Hall–Kier alpha value is -0.900. The number of benzene rings is 1. The highest BCUT2D eigenvalue weighted by Gasteiger charge is 2.36. The summed E-state index contributed by atoms with van der Waals surface area (Å²) in [5, 5.41) is 9.71. The SMILES string of the molecule is CC(C)N(Cc1ccccc1)CC1(CO)CCOC1. The molecule has 19 heavy (non-hydrogen) atoms. The molecule has 3 heteroatoms. The summed E-state index contributed by atoms with van der Waals surface area (Å²) in [7, 11) is 0. The van der Waals surface area contributed by atoms with E-state index in [0.717, 1.165) is 26.1 Å². The second-order valence-corrected chi connectivity index (χ2v) is 5.95. The zero-order chi connectivity index (χ0) is 13.7. The van der Waals surface area contributed by atoms with Crippen molar-refractivity contribution in [3.63, 3.8) is 0 Å². The first-order valence-electron chi connectivity index (χ1n) is 7.12. The largest absolute Gasteiger partial charge is 0.396 e. The summed E-state index contributed by atoms with van der Waals surface area (Å²) in [5.41, 5.74) is 1.25. The molecule has 0 radical (unpaired) electrons. The minimum absolute atomic E-state index is 0.0704.